The fourth-order valence-corrected chi connectivity index (χ4v) is 0.721. The Kier molecular flexibility index (Phi) is 1.23. The predicted molar refractivity (Wildman–Crippen MR) is 38.3 cm³/mol. The molecule has 1 rings (SSSR count). The van der Waals surface area contributed by atoms with Crippen molar-refractivity contribution >= 4 is 28.7 Å². The Morgan fingerprint density at radius 1 is 1.71 bits per heavy atom. The maximum Gasteiger partial charge on any atom is 0.112 e. The molecule has 1 aromatic rings. The van der Waals surface area contributed by atoms with Crippen LogP contribution in [0.5, 0.6) is 0 Å². The van der Waals surface area contributed by atoms with Crippen LogP contribution in [0.2, 0.25) is 0 Å². The molecular weight excluding hydrogens is 203 g/mol. The Balaban J connectivity index is 3.12. The Hall–Kier alpha value is -0.190. The van der Waals surface area contributed by atoms with Gasteiger partial charge in [-0.05, 0) is 12.1 Å². The Bertz CT molecular complexity index is 142. The lowest BCUT2D eigenvalue weighted by atomic mass is 10.6. The van der Waals surface area contributed by atoms with Crippen LogP contribution < -0.4 is 5.73 Å². The number of aromatic nitrogens is 1. The van der Waals surface area contributed by atoms with E-state index in [1.54, 1.807) is 0 Å². The quantitative estimate of drug-likeness (QED) is 0.639. The fraction of sp³-hybridized carbons (Fsp3) is 0. The summed E-state index contributed by atoms with van der Waals surface area (Å²) in [6.07, 6.45) is 1.90. The van der Waals surface area contributed by atoms with Crippen molar-refractivity contribution in [3.63, 3.8) is 0 Å². The number of nitrogen functional groups attached to an aromatic ring is 1. The van der Waals surface area contributed by atoms with Gasteiger partial charge in [0.2, 0.25) is 0 Å². The molecule has 3 heteroatoms. The average Bonchev–Trinajstić information content (AvgIpc) is 1.91. The Labute approximate surface area is 55.8 Å². The van der Waals surface area contributed by atoms with E-state index in [4.69, 9.17) is 5.73 Å². The highest BCUT2D eigenvalue weighted by Crippen LogP contribution is 2.05. The van der Waals surface area contributed by atoms with Gasteiger partial charge in [-0.2, -0.15) is 0 Å². The molecule has 2 N–H and O–H groups in total. The highest BCUT2D eigenvalue weighted by molar-refractivity contribution is 14.1. The summed E-state index contributed by atoms with van der Waals surface area (Å²) in [6.45, 7) is 0. The standard InChI is InChI=1S/C4H5IN2/c5-7-3-1-2-4(7)6/h1-3H,6H2. The largest absolute Gasteiger partial charge is 0.385 e. The third kappa shape index (κ3) is 0.876. The summed E-state index contributed by atoms with van der Waals surface area (Å²) in [5, 5.41) is 0. The molecule has 0 saturated carbocycles. The summed E-state index contributed by atoms with van der Waals surface area (Å²) < 4.78 is 1.83. The van der Waals surface area contributed by atoms with Crippen LogP contribution >= 0.6 is 22.9 Å². The number of rotatable bonds is 0. The van der Waals surface area contributed by atoms with E-state index in [9.17, 15) is 0 Å². The van der Waals surface area contributed by atoms with Crippen LogP contribution in [-0.2, 0) is 0 Å². The summed E-state index contributed by atoms with van der Waals surface area (Å²) in [4.78, 5) is 0. The van der Waals surface area contributed by atoms with E-state index in [0.29, 0.717) is 0 Å². The van der Waals surface area contributed by atoms with Crippen molar-refractivity contribution < 1.29 is 0 Å². The van der Waals surface area contributed by atoms with Crippen molar-refractivity contribution in [1.82, 2.24) is 2.78 Å². The molecule has 0 radical (unpaired) electrons. The molecule has 0 aromatic carbocycles. The molecule has 7 heavy (non-hydrogen) atoms. The first-order chi connectivity index (χ1) is 3.30. The number of nitrogens with two attached hydrogens (primary N) is 1. The number of halogens is 1. The van der Waals surface area contributed by atoms with E-state index in [1.807, 2.05) is 21.1 Å². The van der Waals surface area contributed by atoms with Gasteiger partial charge >= 0.3 is 0 Å². The third-order valence-corrected chi connectivity index (χ3v) is 1.61. The predicted octanol–water partition coefficient (Wildman–Crippen LogP) is 1.27. The van der Waals surface area contributed by atoms with Gasteiger partial charge < -0.3 is 5.73 Å². The molecule has 0 atom stereocenters. The minimum Gasteiger partial charge on any atom is -0.385 e. The van der Waals surface area contributed by atoms with E-state index in [1.165, 1.54) is 0 Å². The highest BCUT2D eigenvalue weighted by atomic mass is 127. The van der Waals surface area contributed by atoms with Crippen molar-refractivity contribution in [2.75, 3.05) is 5.73 Å². The lowest BCUT2D eigenvalue weighted by Gasteiger charge is -1.86. The normalized spacial score (nSPS) is 9.29. The van der Waals surface area contributed by atoms with Crippen LogP contribution in [0.15, 0.2) is 18.3 Å². The van der Waals surface area contributed by atoms with Crippen molar-refractivity contribution in [3.05, 3.63) is 18.3 Å². The molecule has 2 nitrogen and oxygen atoms in total. The SMILES string of the molecule is Nc1cccn1I. The average molecular weight is 208 g/mol. The molecule has 0 aliphatic carbocycles. The van der Waals surface area contributed by atoms with Gasteiger partial charge in [0.15, 0.2) is 0 Å². The summed E-state index contributed by atoms with van der Waals surface area (Å²) in [6, 6.07) is 3.76. The van der Waals surface area contributed by atoms with E-state index in [0.717, 1.165) is 5.82 Å². The summed E-state index contributed by atoms with van der Waals surface area (Å²) in [5.74, 6) is 0.792. The van der Waals surface area contributed by atoms with Gasteiger partial charge in [0.25, 0.3) is 0 Å². The number of hydrogen-bond acceptors (Lipinski definition) is 1. The van der Waals surface area contributed by atoms with Crippen LogP contribution in [0, 0.1) is 0 Å². The van der Waals surface area contributed by atoms with Gasteiger partial charge in [-0.25, -0.2) is 0 Å². The van der Waals surface area contributed by atoms with Crippen molar-refractivity contribution in [2.24, 2.45) is 0 Å². The first kappa shape index (κ1) is 4.96. The molecule has 0 aliphatic heterocycles. The number of anilines is 1. The van der Waals surface area contributed by atoms with Gasteiger partial charge in [0.05, 0.1) is 22.9 Å². The maximum atomic E-state index is 5.40. The third-order valence-electron chi connectivity index (χ3n) is 0.731. The molecule has 0 aliphatic rings. The molecule has 0 bridgehead atoms. The topological polar surface area (TPSA) is 30.9 Å². The van der Waals surface area contributed by atoms with E-state index in [-0.39, 0.29) is 0 Å². The fourth-order valence-electron chi connectivity index (χ4n) is 0.374. The first-order valence-electron chi connectivity index (χ1n) is 1.89. The van der Waals surface area contributed by atoms with Crippen LogP contribution in [0.3, 0.4) is 0 Å². The molecule has 38 valence electrons. The molecule has 0 saturated heterocycles. The molecule has 0 unspecified atom stereocenters. The van der Waals surface area contributed by atoms with Gasteiger partial charge in [0.1, 0.15) is 5.82 Å². The summed E-state index contributed by atoms with van der Waals surface area (Å²) in [7, 11) is 0. The molecule has 0 spiro atoms. The molecule has 1 aromatic heterocycles. The summed E-state index contributed by atoms with van der Waals surface area (Å²) >= 11 is 2.11. The minimum absolute atomic E-state index is 0.792. The zero-order valence-electron chi connectivity index (χ0n) is 3.63. The number of nitrogens with zero attached hydrogens (tertiary/aromatic N) is 1. The van der Waals surface area contributed by atoms with Crippen LogP contribution in [-0.4, -0.2) is 2.78 Å². The Morgan fingerprint density at radius 2 is 2.43 bits per heavy atom. The van der Waals surface area contributed by atoms with Crippen LogP contribution in [0.1, 0.15) is 0 Å². The first-order valence-corrected chi connectivity index (χ1v) is 2.86. The van der Waals surface area contributed by atoms with Gasteiger partial charge in [-0.3, -0.25) is 2.78 Å². The minimum atomic E-state index is 0.792. The van der Waals surface area contributed by atoms with E-state index in [2.05, 4.69) is 22.9 Å². The van der Waals surface area contributed by atoms with Crippen molar-refractivity contribution in [2.45, 2.75) is 0 Å². The lowest BCUT2D eigenvalue weighted by molar-refractivity contribution is 1.37. The maximum absolute atomic E-state index is 5.40. The van der Waals surface area contributed by atoms with Crippen LogP contribution in [0.4, 0.5) is 5.82 Å². The monoisotopic (exact) mass is 208 g/mol. The second-order valence-electron chi connectivity index (χ2n) is 1.24. The van der Waals surface area contributed by atoms with Gasteiger partial charge in [-0.15, -0.1) is 0 Å². The Morgan fingerprint density at radius 3 is 2.57 bits per heavy atom. The van der Waals surface area contributed by atoms with Crippen LogP contribution in [0.25, 0.3) is 0 Å². The van der Waals surface area contributed by atoms with Gasteiger partial charge in [-0.1, -0.05) is 0 Å². The smallest absolute Gasteiger partial charge is 0.112 e. The molecule has 0 amide bonds. The molecule has 0 fully saturated rings. The molecular formula is C4H5IN2. The lowest BCUT2D eigenvalue weighted by Crippen LogP contribution is -1.86. The second kappa shape index (κ2) is 1.73. The van der Waals surface area contributed by atoms with E-state index < -0.39 is 0 Å². The molecule has 1 heterocycles. The zero-order valence-corrected chi connectivity index (χ0v) is 5.79. The van der Waals surface area contributed by atoms with Crippen molar-refractivity contribution in [3.8, 4) is 0 Å². The van der Waals surface area contributed by atoms with E-state index >= 15 is 0 Å². The highest BCUT2D eigenvalue weighted by Gasteiger charge is 1.84. The zero-order chi connectivity index (χ0) is 5.28. The van der Waals surface area contributed by atoms with Crippen molar-refractivity contribution in [1.29, 1.82) is 0 Å². The number of hydrogen-bond donors (Lipinski definition) is 1. The summed E-state index contributed by atoms with van der Waals surface area (Å²) in [5.41, 5.74) is 5.40. The second-order valence-corrected chi connectivity index (χ2v) is 2.28. The van der Waals surface area contributed by atoms with Gasteiger partial charge in [0, 0.05) is 6.20 Å².